The summed E-state index contributed by atoms with van der Waals surface area (Å²) < 4.78 is 26.8. The number of aryl methyl sites for hydroxylation is 1. The molecule has 1 aromatic heterocycles. The zero-order valence-corrected chi connectivity index (χ0v) is 12.9. The number of hydrogen-bond donors (Lipinski definition) is 2. The summed E-state index contributed by atoms with van der Waals surface area (Å²) in [4.78, 5) is 4.12. The molecule has 0 fully saturated rings. The van der Waals surface area contributed by atoms with Gasteiger partial charge in [-0.2, -0.15) is 0 Å². The van der Waals surface area contributed by atoms with Gasteiger partial charge >= 0.3 is 0 Å². The maximum Gasteiger partial charge on any atom is 0.240 e. The Morgan fingerprint density at radius 2 is 2.10 bits per heavy atom. The predicted octanol–water partition coefficient (Wildman–Crippen LogP) is 2.06. The van der Waals surface area contributed by atoms with E-state index in [1.807, 2.05) is 0 Å². The van der Waals surface area contributed by atoms with Crippen molar-refractivity contribution < 1.29 is 13.5 Å². The third kappa shape index (κ3) is 4.01. The van der Waals surface area contributed by atoms with Crippen molar-refractivity contribution in [3.63, 3.8) is 0 Å². The van der Waals surface area contributed by atoms with Crippen LogP contribution in [0, 0.1) is 6.92 Å². The molecule has 0 aliphatic heterocycles. The van der Waals surface area contributed by atoms with Crippen molar-refractivity contribution in [3.05, 3.63) is 58.9 Å². The molecular weight excluding hydrogens is 312 g/mol. The molecule has 0 spiro atoms. The Morgan fingerprint density at radius 1 is 1.33 bits per heavy atom. The molecule has 5 nitrogen and oxygen atoms in total. The van der Waals surface area contributed by atoms with Gasteiger partial charge in [0.15, 0.2) is 0 Å². The van der Waals surface area contributed by atoms with Crippen LogP contribution in [-0.2, 0) is 10.0 Å². The Labute approximate surface area is 128 Å². The first-order valence-corrected chi connectivity index (χ1v) is 8.11. The molecule has 0 amide bonds. The molecule has 0 bridgehead atoms. The number of rotatable bonds is 5. The predicted molar refractivity (Wildman–Crippen MR) is 80.6 cm³/mol. The van der Waals surface area contributed by atoms with Gasteiger partial charge in [0.2, 0.25) is 10.0 Å². The minimum absolute atomic E-state index is 0.139. The summed E-state index contributed by atoms with van der Waals surface area (Å²) in [5.41, 5.74) is 0.954. The molecule has 0 aliphatic carbocycles. The zero-order chi connectivity index (χ0) is 15.5. The van der Waals surface area contributed by atoms with E-state index in [2.05, 4.69) is 9.71 Å². The lowest BCUT2D eigenvalue weighted by Gasteiger charge is -2.13. The first-order chi connectivity index (χ1) is 9.90. The summed E-state index contributed by atoms with van der Waals surface area (Å²) in [7, 11) is -3.71. The van der Waals surface area contributed by atoms with Crippen LogP contribution >= 0.6 is 11.6 Å². The van der Waals surface area contributed by atoms with Crippen LogP contribution in [0.25, 0.3) is 0 Å². The monoisotopic (exact) mass is 326 g/mol. The van der Waals surface area contributed by atoms with Crippen molar-refractivity contribution in [1.29, 1.82) is 0 Å². The number of aromatic nitrogens is 1. The van der Waals surface area contributed by atoms with Crippen LogP contribution in [0.5, 0.6) is 0 Å². The van der Waals surface area contributed by atoms with E-state index in [0.29, 0.717) is 16.3 Å². The molecule has 2 rings (SSSR count). The Morgan fingerprint density at radius 3 is 2.71 bits per heavy atom. The lowest BCUT2D eigenvalue weighted by atomic mass is 10.2. The number of nitrogens with one attached hydrogen (secondary N) is 1. The van der Waals surface area contributed by atoms with Crippen LogP contribution in [0.1, 0.15) is 17.4 Å². The highest BCUT2D eigenvalue weighted by Gasteiger charge is 2.19. The molecule has 0 aliphatic rings. The van der Waals surface area contributed by atoms with E-state index in [1.165, 1.54) is 18.3 Å². The summed E-state index contributed by atoms with van der Waals surface area (Å²) >= 11 is 5.81. The standard InChI is InChI=1S/C14H15ClN2O3S/c1-10-8-11(15)5-6-14(10)21(19,20)17-9-13(18)12-4-2-3-7-16-12/h2-8,13,17-18H,9H2,1H3/t13-/m1/s1. The number of aliphatic hydroxyl groups is 1. The van der Waals surface area contributed by atoms with Gasteiger partial charge in [-0.05, 0) is 42.8 Å². The van der Waals surface area contributed by atoms with Gasteiger partial charge in [-0.25, -0.2) is 13.1 Å². The number of halogens is 1. The number of pyridine rings is 1. The molecular formula is C14H15ClN2O3S. The number of benzene rings is 1. The average molecular weight is 327 g/mol. The number of aliphatic hydroxyl groups excluding tert-OH is 1. The second kappa shape index (κ2) is 6.53. The Kier molecular flexibility index (Phi) is 4.95. The molecule has 7 heteroatoms. The summed E-state index contributed by atoms with van der Waals surface area (Å²) in [6, 6.07) is 9.60. The van der Waals surface area contributed by atoms with E-state index in [0.717, 1.165) is 0 Å². The third-order valence-corrected chi connectivity index (χ3v) is 4.74. The van der Waals surface area contributed by atoms with E-state index in [9.17, 15) is 13.5 Å². The summed E-state index contributed by atoms with van der Waals surface area (Å²) in [6.07, 6.45) is 0.532. The lowest BCUT2D eigenvalue weighted by Crippen LogP contribution is -2.29. The maximum atomic E-state index is 12.2. The molecule has 0 saturated carbocycles. The number of sulfonamides is 1. The van der Waals surface area contributed by atoms with Crippen LogP contribution in [0.3, 0.4) is 0 Å². The van der Waals surface area contributed by atoms with Crippen molar-refractivity contribution in [2.45, 2.75) is 17.9 Å². The van der Waals surface area contributed by atoms with Crippen molar-refractivity contribution >= 4 is 21.6 Å². The fourth-order valence-corrected chi connectivity index (χ4v) is 3.35. The highest BCUT2D eigenvalue weighted by molar-refractivity contribution is 7.89. The minimum Gasteiger partial charge on any atom is -0.385 e. The summed E-state index contributed by atoms with van der Waals surface area (Å²) in [5, 5.41) is 10.4. The summed E-state index contributed by atoms with van der Waals surface area (Å²) in [6.45, 7) is 1.51. The molecule has 0 radical (unpaired) electrons. The summed E-state index contributed by atoms with van der Waals surface area (Å²) in [5.74, 6) is 0. The normalized spacial score (nSPS) is 13.1. The molecule has 0 unspecified atom stereocenters. The largest absolute Gasteiger partial charge is 0.385 e. The van der Waals surface area contributed by atoms with Crippen LogP contribution in [0.4, 0.5) is 0 Å². The number of hydrogen-bond acceptors (Lipinski definition) is 4. The highest BCUT2D eigenvalue weighted by atomic mass is 35.5. The molecule has 21 heavy (non-hydrogen) atoms. The van der Waals surface area contributed by atoms with E-state index >= 15 is 0 Å². The molecule has 1 atom stereocenters. The smallest absolute Gasteiger partial charge is 0.240 e. The van der Waals surface area contributed by atoms with Gasteiger partial charge in [0, 0.05) is 17.8 Å². The van der Waals surface area contributed by atoms with Crippen molar-refractivity contribution in [1.82, 2.24) is 9.71 Å². The van der Waals surface area contributed by atoms with Gasteiger partial charge in [0.1, 0.15) is 6.10 Å². The number of nitrogens with zero attached hydrogens (tertiary/aromatic N) is 1. The lowest BCUT2D eigenvalue weighted by molar-refractivity contribution is 0.177. The highest BCUT2D eigenvalue weighted by Crippen LogP contribution is 2.20. The van der Waals surface area contributed by atoms with E-state index in [-0.39, 0.29) is 11.4 Å². The molecule has 2 N–H and O–H groups in total. The van der Waals surface area contributed by atoms with Crippen molar-refractivity contribution in [3.8, 4) is 0 Å². The Hall–Kier alpha value is -1.47. The molecule has 1 aromatic carbocycles. The Balaban J connectivity index is 2.11. The first kappa shape index (κ1) is 15.9. The second-order valence-electron chi connectivity index (χ2n) is 4.53. The van der Waals surface area contributed by atoms with Gasteiger partial charge in [0.05, 0.1) is 10.6 Å². The second-order valence-corrected chi connectivity index (χ2v) is 6.70. The van der Waals surface area contributed by atoms with Gasteiger partial charge < -0.3 is 5.11 Å². The van der Waals surface area contributed by atoms with Crippen LogP contribution < -0.4 is 4.72 Å². The average Bonchev–Trinajstić information content (AvgIpc) is 2.45. The molecule has 112 valence electrons. The van der Waals surface area contributed by atoms with E-state index in [4.69, 9.17) is 11.6 Å². The van der Waals surface area contributed by atoms with Gasteiger partial charge in [-0.15, -0.1) is 0 Å². The van der Waals surface area contributed by atoms with E-state index < -0.39 is 16.1 Å². The SMILES string of the molecule is Cc1cc(Cl)ccc1S(=O)(=O)NC[C@@H](O)c1ccccn1. The zero-order valence-electron chi connectivity index (χ0n) is 11.3. The van der Waals surface area contributed by atoms with Crippen molar-refractivity contribution in [2.24, 2.45) is 0 Å². The van der Waals surface area contributed by atoms with Crippen LogP contribution in [0.15, 0.2) is 47.5 Å². The molecule has 1 heterocycles. The van der Waals surface area contributed by atoms with Gasteiger partial charge in [0.25, 0.3) is 0 Å². The minimum atomic E-state index is -3.71. The Bertz CT molecular complexity index is 720. The fourth-order valence-electron chi connectivity index (χ4n) is 1.86. The van der Waals surface area contributed by atoms with Crippen molar-refractivity contribution in [2.75, 3.05) is 6.54 Å². The van der Waals surface area contributed by atoms with E-state index in [1.54, 1.807) is 31.2 Å². The van der Waals surface area contributed by atoms with Crippen LogP contribution in [0.2, 0.25) is 5.02 Å². The topological polar surface area (TPSA) is 79.3 Å². The van der Waals surface area contributed by atoms with Gasteiger partial charge in [-0.3, -0.25) is 4.98 Å². The molecule has 2 aromatic rings. The third-order valence-electron chi connectivity index (χ3n) is 2.92. The molecule has 0 saturated heterocycles. The van der Waals surface area contributed by atoms with Crippen LogP contribution in [-0.4, -0.2) is 25.1 Å². The quantitative estimate of drug-likeness (QED) is 0.881. The van der Waals surface area contributed by atoms with Gasteiger partial charge in [-0.1, -0.05) is 17.7 Å². The maximum absolute atomic E-state index is 12.2. The fraction of sp³-hybridized carbons (Fsp3) is 0.214. The first-order valence-electron chi connectivity index (χ1n) is 6.25.